The molecule has 2 aromatic heterocycles. The number of nitrogens with two attached hydrogens (primary N) is 1. The molecule has 2 fully saturated rings. The first kappa shape index (κ1) is 20.2. The number of hydrogen-bond acceptors (Lipinski definition) is 6. The fourth-order valence-corrected chi connectivity index (χ4v) is 4.08. The van der Waals surface area contributed by atoms with Gasteiger partial charge in [-0.1, -0.05) is 18.2 Å². The lowest BCUT2D eigenvalue weighted by Crippen LogP contribution is -2.41. The predicted octanol–water partition coefficient (Wildman–Crippen LogP) is 3.57. The van der Waals surface area contributed by atoms with Crippen LogP contribution in [-0.4, -0.2) is 34.9 Å². The fourth-order valence-electron chi connectivity index (χ4n) is 4.08. The van der Waals surface area contributed by atoms with Gasteiger partial charge in [-0.05, 0) is 49.9 Å². The summed E-state index contributed by atoms with van der Waals surface area (Å²) >= 11 is 0. The van der Waals surface area contributed by atoms with E-state index < -0.39 is 0 Å². The normalized spacial score (nSPS) is 18.4. The number of pyridine rings is 1. The Hall–Kier alpha value is -3.68. The molecular weight excluding hydrogens is 406 g/mol. The molecule has 8 nitrogen and oxygen atoms in total. The molecule has 1 aromatic carbocycles. The molecule has 32 heavy (non-hydrogen) atoms. The van der Waals surface area contributed by atoms with Crippen LogP contribution in [0.4, 0.5) is 11.5 Å². The van der Waals surface area contributed by atoms with Gasteiger partial charge in [0.05, 0.1) is 17.8 Å². The van der Waals surface area contributed by atoms with E-state index in [1.54, 1.807) is 6.20 Å². The largest absolute Gasteiger partial charge is 0.440 e. The molecule has 5 rings (SSSR count). The average molecular weight is 431 g/mol. The van der Waals surface area contributed by atoms with E-state index in [2.05, 4.69) is 20.2 Å². The van der Waals surface area contributed by atoms with Gasteiger partial charge in [0.1, 0.15) is 11.6 Å². The second kappa shape index (κ2) is 8.45. The predicted molar refractivity (Wildman–Crippen MR) is 120 cm³/mol. The second-order valence-electron chi connectivity index (χ2n) is 8.42. The minimum absolute atomic E-state index is 0.156. The summed E-state index contributed by atoms with van der Waals surface area (Å²) in [5, 5.41) is 2.89. The number of aromatic nitrogens is 2. The van der Waals surface area contributed by atoms with Crippen molar-refractivity contribution in [2.24, 2.45) is 11.7 Å². The molecule has 3 aromatic rings. The van der Waals surface area contributed by atoms with Crippen molar-refractivity contribution in [3.63, 3.8) is 0 Å². The molecular formula is C24H25N5O3. The van der Waals surface area contributed by atoms with Crippen LogP contribution >= 0.6 is 0 Å². The maximum Gasteiger partial charge on any atom is 0.277 e. The minimum Gasteiger partial charge on any atom is -0.440 e. The first-order valence-electron chi connectivity index (χ1n) is 11.0. The molecule has 2 aliphatic rings. The number of benzene rings is 1. The van der Waals surface area contributed by atoms with E-state index in [0.29, 0.717) is 29.6 Å². The Morgan fingerprint density at radius 2 is 1.91 bits per heavy atom. The zero-order chi connectivity index (χ0) is 22.1. The van der Waals surface area contributed by atoms with Gasteiger partial charge in [-0.2, -0.15) is 0 Å². The topological polar surface area (TPSA) is 114 Å². The highest BCUT2D eigenvalue weighted by Gasteiger charge is 2.34. The van der Waals surface area contributed by atoms with Crippen molar-refractivity contribution in [1.29, 1.82) is 0 Å². The lowest BCUT2D eigenvalue weighted by Gasteiger charge is -2.32. The van der Waals surface area contributed by atoms with E-state index in [0.717, 1.165) is 43.6 Å². The molecule has 1 atom stereocenters. The van der Waals surface area contributed by atoms with Crippen LogP contribution in [0.5, 0.6) is 0 Å². The van der Waals surface area contributed by atoms with Crippen LogP contribution in [-0.2, 0) is 4.79 Å². The number of rotatable bonds is 6. The maximum absolute atomic E-state index is 13.0. The van der Waals surface area contributed by atoms with E-state index in [4.69, 9.17) is 10.2 Å². The number of primary amides is 1. The van der Waals surface area contributed by atoms with Gasteiger partial charge < -0.3 is 20.4 Å². The summed E-state index contributed by atoms with van der Waals surface area (Å²) < 4.78 is 5.98. The lowest BCUT2D eigenvalue weighted by molar-refractivity contribution is -0.122. The van der Waals surface area contributed by atoms with Crippen molar-refractivity contribution >= 4 is 23.3 Å². The number of nitrogens with one attached hydrogen (secondary N) is 1. The summed E-state index contributed by atoms with van der Waals surface area (Å²) in [6.45, 7) is 1.40. The van der Waals surface area contributed by atoms with Gasteiger partial charge in [-0.25, -0.2) is 9.97 Å². The van der Waals surface area contributed by atoms with Crippen LogP contribution < -0.4 is 16.0 Å². The van der Waals surface area contributed by atoms with Crippen LogP contribution in [0.25, 0.3) is 11.5 Å². The Kier molecular flexibility index (Phi) is 5.34. The molecule has 0 bridgehead atoms. The van der Waals surface area contributed by atoms with Crippen molar-refractivity contribution < 1.29 is 14.0 Å². The van der Waals surface area contributed by atoms with E-state index >= 15 is 0 Å². The molecule has 1 saturated carbocycles. The first-order chi connectivity index (χ1) is 15.6. The van der Waals surface area contributed by atoms with Crippen molar-refractivity contribution in [3.8, 4) is 11.5 Å². The summed E-state index contributed by atoms with van der Waals surface area (Å²) in [5.41, 5.74) is 7.22. The maximum atomic E-state index is 13.0. The average Bonchev–Trinajstić information content (AvgIpc) is 3.58. The van der Waals surface area contributed by atoms with E-state index in [-0.39, 0.29) is 23.7 Å². The summed E-state index contributed by atoms with van der Waals surface area (Å²) in [4.78, 5) is 35.6. The van der Waals surface area contributed by atoms with Gasteiger partial charge in [-0.15, -0.1) is 0 Å². The molecule has 0 spiro atoms. The summed E-state index contributed by atoms with van der Waals surface area (Å²) in [6.07, 6.45) is 5.33. The summed E-state index contributed by atoms with van der Waals surface area (Å²) in [7, 11) is 0. The second-order valence-corrected chi connectivity index (χ2v) is 8.42. The van der Waals surface area contributed by atoms with Crippen LogP contribution in [0.2, 0.25) is 0 Å². The lowest BCUT2D eigenvalue weighted by atomic mass is 9.97. The Morgan fingerprint density at radius 3 is 2.59 bits per heavy atom. The Bertz CT molecular complexity index is 1120. The SMILES string of the molecule is NC(=O)C1CCCN(c2ccc(NC(=O)c3nc(-c4ccccc4)oc3C3CC3)cn2)C1. The van der Waals surface area contributed by atoms with Crippen LogP contribution in [0.1, 0.15) is 47.8 Å². The molecule has 1 unspecified atom stereocenters. The fraction of sp³-hybridized carbons (Fsp3) is 0.333. The van der Waals surface area contributed by atoms with Gasteiger partial charge in [0, 0.05) is 24.6 Å². The molecule has 3 heterocycles. The third kappa shape index (κ3) is 4.21. The molecule has 8 heteroatoms. The number of nitrogens with zero attached hydrogens (tertiary/aromatic N) is 3. The number of amides is 2. The molecule has 1 aliphatic heterocycles. The molecule has 1 aliphatic carbocycles. The van der Waals surface area contributed by atoms with Crippen molar-refractivity contribution in [1.82, 2.24) is 9.97 Å². The zero-order valence-electron chi connectivity index (χ0n) is 17.7. The van der Waals surface area contributed by atoms with Crippen molar-refractivity contribution in [3.05, 3.63) is 60.1 Å². The quantitative estimate of drug-likeness (QED) is 0.617. The van der Waals surface area contributed by atoms with Crippen molar-refractivity contribution in [2.75, 3.05) is 23.3 Å². The number of carbonyl (C=O) groups excluding carboxylic acids is 2. The Labute approximate surface area is 185 Å². The molecule has 164 valence electrons. The van der Waals surface area contributed by atoms with Gasteiger partial charge in [0.2, 0.25) is 11.8 Å². The third-order valence-corrected chi connectivity index (χ3v) is 5.99. The highest BCUT2D eigenvalue weighted by Crippen LogP contribution is 2.43. The first-order valence-corrected chi connectivity index (χ1v) is 11.0. The summed E-state index contributed by atoms with van der Waals surface area (Å²) in [6, 6.07) is 13.2. The Morgan fingerprint density at radius 1 is 1.09 bits per heavy atom. The van der Waals surface area contributed by atoms with E-state index in [1.807, 2.05) is 42.5 Å². The van der Waals surface area contributed by atoms with Gasteiger partial charge >= 0.3 is 0 Å². The molecule has 2 amide bonds. The van der Waals surface area contributed by atoms with Gasteiger partial charge in [-0.3, -0.25) is 9.59 Å². The number of piperidine rings is 1. The standard InChI is InChI=1S/C24H25N5O3/c25-22(30)17-7-4-12-29(14-17)19-11-10-18(13-26-19)27-23(31)20-21(15-8-9-15)32-24(28-20)16-5-2-1-3-6-16/h1-3,5-6,10-11,13,15,17H,4,7-9,12,14H2,(H2,25,30)(H,27,31). The number of carbonyl (C=O) groups is 2. The number of oxazole rings is 1. The highest BCUT2D eigenvalue weighted by molar-refractivity contribution is 6.04. The highest BCUT2D eigenvalue weighted by atomic mass is 16.4. The van der Waals surface area contributed by atoms with E-state index in [1.165, 1.54) is 0 Å². The van der Waals surface area contributed by atoms with Crippen LogP contribution in [0, 0.1) is 5.92 Å². The van der Waals surface area contributed by atoms with Crippen molar-refractivity contribution in [2.45, 2.75) is 31.6 Å². The minimum atomic E-state index is -0.306. The summed E-state index contributed by atoms with van der Waals surface area (Å²) in [5.74, 6) is 1.39. The smallest absolute Gasteiger partial charge is 0.277 e. The molecule has 1 saturated heterocycles. The third-order valence-electron chi connectivity index (χ3n) is 5.99. The van der Waals surface area contributed by atoms with E-state index in [9.17, 15) is 9.59 Å². The number of hydrogen-bond donors (Lipinski definition) is 2. The molecule has 0 radical (unpaired) electrons. The van der Waals surface area contributed by atoms with Crippen LogP contribution in [0.3, 0.4) is 0 Å². The Balaban J connectivity index is 1.31. The number of anilines is 2. The van der Waals surface area contributed by atoms with Gasteiger partial charge in [0.15, 0.2) is 5.69 Å². The monoisotopic (exact) mass is 431 g/mol. The van der Waals surface area contributed by atoms with Crippen LogP contribution in [0.15, 0.2) is 53.1 Å². The molecule has 3 N–H and O–H groups in total. The van der Waals surface area contributed by atoms with Gasteiger partial charge in [0.25, 0.3) is 5.91 Å². The zero-order valence-corrected chi connectivity index (χ0v) is 17.7.